The predicted molar refractivity (Wildman–Crippen MR) is 88.0 cm³/mol. The molecule has 0 radical (unpaired) electrons. The Balaban J connectivity index is 1.92. The Bertz CT molecular complexity index is 846. The third kappa shape index (κ3) is 1.90. The average Bonchev–Trinajstić information content (AvgIpc) is 2.93. The Kier molecular flexibility index (Phi) is 2.71. The fourth-order valence-corrected chi connectivity index (χ4v) is 3.14. The van der Waals surface area contributed by atoms with Crippen LogP contribution in [-0.2, 0) is 6.42 Å². The molecule has 1 nitrogen and oxygen atoms in total. The molecule has 0 atom stereocenters. The highest BCUT2D eigenvalue weighted by molar-refractivity contribution is 5.84. The van der Waals surface area contributed by atoms with Crippen LogP contribution in [0.1, 0.15) is 16.7 Å². The summed E-state index contributed by atoms with van der Waals surface area (Å²) in [6, 6.07) is 17.4. The van der Waals surface area contributed by atoms with Crippen molar-refractivity contribution in [3.8, 4) is 22.3 Å². The van der Waals surface area contributed by atoms with Crippen LogP contribution in [0.2, 0.25) is 0 Å². The van der Waals surface area contributed by atoms with E-state index >= 15 is 0 Å². The highest BCUT2D eigenvalue weighted by Crippen LogP contribution is 2.41. The number of fused-ring (bicyclic) bond motifs is 3. The average molecular weight is 269 g/mol. The molecule has 0 saturated heterocycles. The molecule has 0 unspecified atom stereocenters. The standard InChI is InChI=1S/C20H15N/c1-2-14-10-16(13-21-12-14)18-8-5-9-19-17-7-4-3-6-15(17)11-20(18)19/h2-10,12-13H,1,11H2. The van der Waals surface area contributed by atoms with Crippen LogP contribution >= 0.6 is 0 Å². The van der Waals surface area contributed by atoms with Crippen molar-refractivity contribution in [1.29, 1.82) is 0 Å². The SMILES string of the molecule is C=Cc1cncc(-c2cccc3c2Cc2ccccc2-3)c1. The summed E-state index contributed by atoms with van der Waals surface area (Å²) in [6.07, 6.45) is 6.62. The van der Waals surface area contributed by atoms with Gasteiger partial charge in [0.25, 0.3) is 0 Å². The first-order valence-corrected chi connectivity index (χ1v) is 7.15. The lowest BCUT2D eigenvalue weighted by atomic mass is 9.96. The third-order valence-corrected chi connectivity index (χ3v) is 4.16. The Labute approximate surface area is 124 Å². The minimum absolute atomic E-state index is 1.000. The smallest absolute Gasteiger partial charge is 0.0346 e. The highest BCUT2D eigenvalue weighted by Gasteiger charge is 2.20. The first-order valence-electron chi connectivity index (χ1n) is 7.15. The third-order valence-electron chi connectivity index (χ3n) is 4.16. The Hall–Kier alpha value is -2.67. The normalized spacial score (nSPS) is 11.8. The van der Waals surface area contributed by atoms with Crippen molar-refractivity contribution in [2.45, 2.75) is 6.42 Å². The van der Waals surface area contributed by atoms with Crippen LogP contribution in [0.25, 0.3) is 28.3 Å². The van der Waals surface area contributed by atoms with E-state index in [1.165, 1.54) is 27.8 Å². The molecule has 1 aliphatic rings. The van der Waals surface area contributed by atoms with Gasteiger partial charge in [0.2, 0.25) is 0 Å². The summed E-state index contributed by atoms with van der Waals surface area (Å²) in [5.74, 6) is 0. The van der Waals surface area contributed by atoms with Gasteiger partial charge in [-0.25, -0.2) is 0 Å². The molecule has 1 heteroatoms. The van der Waals surface area contributed by atoms with Gasteiger partial charge >= 0.3 is 0 Å². The zero-order chi connectivity index (χ0) is 14.2. The maximum absolute atomic E-state index is 4.34. The number of pyridine rings is 1. The van der Waals surface area contributed by atoms with E-state index in [1.807, 2.05) is 18.5 Å². The molecule has 4 rings (SSSR count). The molecule has 0 saturated carbocycles. The van der Waals surface area contributed by atoms with Crippen LogP contribution in [0.3, 0.4) is 0 Å². The monoisotopic (exact) mass is 269 g/mol. The molecule has 0 N–H and O–H groups in total. The molecule has 0 bridgehead atoms. The molecule has 0 aliphatic heterocycles. The molecular formula is C20H15N. The highest BCUT2D eigenvalue weighted by atomic mass is 14.6. The fourth-order valence-electron chi connectivity index (χ4n) is 3.14. The number of hydrogen-bond donors (Lipinski definition) is 0. The molecule has 0 fully saturated rings. The van der Waals surface area contributed by atoms with Gasteiger partial charge in [0, 0.05) is 18.0 Å². The van der Waals surface area contributed by atoms with Crippen molar-refractivity contribution in [2.75, 3.05) is 0 Å². The van der Waals surface area contributed by atoms with Crippen LogP contribution in [0.4, 0.5) is 0 Å². The van der Waals surface area contributed by atoms with Crippen LogP contribution < -0.4 is 0 Å². The van der Waals surface area contributed by atoms with E-state index in [9.17, 15) is 0 Å². The summed E-state index contributed by atoms with van der Waals surface area (Å²) in [4.78, 5) is 4.34. The number of aromatic nitrogens is 1. The quantitative estimate of drug-likeness (QED) is 0.501. The summed E-state index contributed by atoms with van der Waals surface area (Å²) in [5, 5.41) is 0. The minimum Gasteiger partial charge on any atom is -0.263 e. The second-order valence-electron chi connectivity index (χ2n) is 5.38. The van der Waals surface area contributed by atoms with Gasteiger partial charge in [-0.1, -0.05) is 55.1 Å². The van der Waals surface area contributed by atoms with Gasteiger partial charge in [-0.05, 0) is 45.9 Å². The minimum atomic E-state index is 1.000. The van der Waals surface area contributed by atoms with Gasteiger partial charge in [-0.2, -0.15) is 0 Å². The van der Waals surface area contributed by atoms with Crippen molar-refractivity contribution in [3.05, 3.63) is 84.2 Å². The maximum atomic E-state index is 4.34. The van der Waals surface area contributed by atoms with Crippen molar-refractivity contribution in [3.63, 3.8) is 0 Å². The zero-order valence-corrected chi connectivity index (χ0v) is 11.7. The van der Waals surface area contributed by atoms with Crippen molar-refractivity contribution >= 4 is 6.08 Å². The van der Waals surface area contributed by atoms with Crippen molar-refractivity contribution in [2.24, 2.45) is 0 Å². The van der Waals surface area contributed by atoms with Crippen molar-refractivity contribution < 1.29 is 0 Å². The molecule has 0 amide bonds. The summed E-state index contributed by atoms with van der Waals surface area (Å²) >= 11 is 0. The molecule has 21 heavy (non-hydrogen) atoms. The van der Waals surface area contributed by atoms with Crippen LogP contribution in [0.15, 0.2) is 67.5 Å². The van der Waals surface area contributed by atoms with Crippen molar-refractivity contribution in [1.82, 2.24) is 4.98 Å². The summed E-state index contributed by atoms with van der Waals surface area (Å²) < 4.78 is 0. The molecule has 100 valence electrons. The lowest BCUT2D eigenvalue weighted by molar-refractivity contribution is 1.25. The number of hydrogen-bond acceptors (Lipinski definition) is 1. The van der Waals surface area contributed by atoms with E-state index in [2.05, 4.69) is 60.1 Å². The molecular weight excluding hydrogens is 254 g/mol. The second kappa shape index (κ2) is 4.71. The summed E-state index contributed by atoms with van der Waals surface area (Å²) in [5.41, 5.74) is 9.03. The van der Waals surface area contributed by atoms with E-state index in [1.54, 1.807) is 0 Å². The second-order valence-corrected chi connectivity index (χ2v) is 5.38. The van der Waals surface area contributed by atoms with E-state index in [0.29, 0.717) is 0 Å². The number of benzene rings is 2. The summed E-state index contributed by atoms with van der Waals surface area (Å²) in [6.45, 7) is 3.83. The van der Waals surface area contributed by atoms with Gasteiger partial charge in [0.15, 0.2) is 0 Å². The van der Waals surface area contributed by atoms with Gasteiger partial charge in [0.05, 0.1) is 0 Å². The van der Waals surface area contributed by atoms with E-state index in [-0.39, 0.29) is 0 Å². The van der Waals surface area contributed by atoms with E-state index in [0.717, 1.165) is 17.5 Å². The lowest BCUT2D eigenvalue weighted by Gasteiger charge is -2.09. The van der Waals surface area contributed by atoms with E-state index in [4.69, 9.17) is 0 Å². The van der Waals surface area contributed by atoms with Crippen LogP contribution in [-0.4, -0.2) is 4.98 Å². The maximum Gasteiger partial charge on any atom is 0.0346 e. The number of nitrogens with zero attached hydrogens (tertiary/aromatic N) is 1. The fraction of sp³-hybridized carbons (Fsp3) is 0.0500. The Morgan fingerprint density at radius 3 is 2.62 bits per heavy atom. The first kappa shape index (κ1) is 12.1. The van der Waals surface area contributed by atoms with Gasteiger partial charge in [-0.15, -0.1) is 0 Å². The lowest BCUT2D eigenvalue weighted by Crippen LogP contribution is -1.89. The first-order chi connectivity index (χ1) is 10.4. The van der Waals surface area contributed by atoms with Crippen LogP contribution in [0, 0.1) is 0 Å². The molecule has 1 aliphatic carbocycles. The molecule has 1 aromatic heterocycles. The number of rotatable bonds is 2. The topological polar surface area (TPSA) is 12.9 Å². The van der Waals surface area contributed by atoms with Gasteiger partial charge in [0.1, 0.15) is 0 Å². The van der Waals surface area contributed by atoms with Crippen LogP contribution in [0.5, 0.6) is 0 Å². The molecule has 2 aromatic carbocycles. The zero-order valence-electron chi connectivity index (χ0n) is 11.7. The van der Waals surface area contributed by atoms with Gasteiger partial charge in [-0.3, -0.25) is 4.98 Å². The largest absolute Gasteiger partial charge is 0.263 e. The molecule has 3 aromatic rings. The Morgan fingerprint density at radius 2 is 1.71 bits per heavy atom. The van der Waals surface area contributed by atoms with E-state index < -0.39 is 0 Å². The molecule has 1 heterocycles. The van der Waals surface area contributed by atoms with Gasteiger partial charge < -0.3 is 0 Å². The predicted octanol–water partition coefficient (Wildman–Crippen LogP) is 4.96. The molecule has 0 spiro atoms. The Morgan fingerprint density at radius 1 is 0.905 bits per heavy atom. The summed E-state index contributed by atoms with van der Waals surface area (Å²) in [7, 11) is 0.